The number of benzene rings is 2. The van der Waals surface area contributed by atoms with E-state index in [-0.39, 0.29) is 19.2 Å². The molecule has 0 radical (unpaired) electrons. The number of hydrogen-bond donors (Lipinski definition) is 2. The second-order valence-electron chi connectivity index (χ2n) is 6.42. The van der Waals surface area contributed by atoms with Gasteiger partial charge in [0, 0.05) is 21.8 Å². The third-order valence-electron chi connectivity index (χ3n) is 4.57. The summed E-state index contributed by atoms with van der Waals surface area (Å²) in [4.78, 5) is 24.9. The van der Waals surface area contributed by atoms with Crippen LogP contribution in [0, 0.1) is 0 Å². The third kappa shape index (κ3) is 4.71. The second kappa shape index (κ2) is 9.47. The molecule has 7 heteroatoms. The lowest BCUT2D eigenvalue weighted by Crippen LogP contribution is -2.46. The molecule has 2 amide bonds. The molecule has 2 aromatic rings. The quantitative estimate of drug-likeness (QED) is 0.654. The van der Waals surface area contributed by atoms with Gasteiger partial charge in [0.05, 0.1) is 18.2 Å². The zero-order valence-corrected chi connectivity index (χ0v) is 17.1. The van der Waals surface area contributed by atoms with Crippen molar-refractivity contribution < 1.29 is 19.1 Å². The number of ether oxygens (including phenoxy) is 2. The first-order valence-electron chi connectivity index (χ1n) is 9.47. The number of nitrogens with one attached hydrogen (secondary N) is 2. The van der Waals surface area contributed by atoms with Crippen LogP contribution < -0.4 is 15.4 Å². The normalized spacial score (nSPS) is 16.1. The molecule has 1 heterocycles. The fourth-order valence-electron chi connectivity index (χ4n) is 3.20. The van der Waals surface area contributed by atoms with Crippen LogP contribution in [0.5, 0.6) is 5.75 Å². The molecule has 0 bridgehead atoms. The lowest BCUT2D eigenvalue weighted by molar-refractivity contribution is -0.139. The minimum atomic E-state index is -0.680. The number of halogens is 1. The first-order valence-corrected chi connectivity index (χ1v) is 9.85. The summed E-state index contributed by atoms with van der Waals surface area (Å²) in [5, 5.41) is 6.14. The van der Waals surface area contributed by atoms with E-state index in [4.69, 9.17) is 21.1 Å². The van der Waals surface area contributed by atoms with Gasteiger partial charge in [0.1, 0.15) is 12.4 Å². The summed E-state index contributed by atoms with van der Waals surface area (Å²) >= 11 is 6.22. The number of carbonyl (C=O) groups is 2. The summed E-state index contributed by atoms with van der Waals surface area (Å²) in [5.74, 6) is 0.0830. The van der Waals surface area contributed by atoms with Gasteiger partial charge in [0.25, 0.3) is 0 Å². The first-order chi connectivity index (χ1) is 14.0. The molecule has 3 rings (SSSR count). The number of amides is 2. The number of allylic oxidation sites excluding steroid dienone is 1. The smallest absolute Gasteiger partial charge is 0.338 e. The van der Waals surface area contributed by atoms with Crippen molar-refractivity contribution in [3.8, 4) is 5.75 Å². The van der Waals surface area contributed by atoms with Gasteiger partial charge in [0.15, 0.2) is 0 Å². The predicted molar refractivity (Wildman–Crippen MR) is 111 cm³/mol. The molecule has 0 aromatic heterocycles. The van der Waals surface area contributed by atoms with E-state index in [1.807, 2.05) is 43.3 Å². The summed E-state index contributed by atoms with van der Waals surface area (Å²) in [7, 11) is 0. The Balaban J connectivity index is 1.96. The molecule has 1 aliphatic heterocycles. The van der Waals surface area contributed by atoms with Crippen LogP contribution in [0.3, 0.4) is 0 Å². The molecule has 0 spiro atoms. The summed E-state index contributed by atoms with van der Waals surface area (Å²) in [5.41, 5.74) is 2.43. The molecule has 1 aliphatic rings. The fourth-order valence-corrected chi connectivity index (χ4v) is 3.39. The minimum Gasteiger partial charge on any atom is -0.488 e. The van der Waals surface area contributed by atoms with E-state index >= 15 is 0 Å². The van der Waals surface area contributed by atoms with Gasteiger partial charge in [-0.2, -0.15) is 0 Å². The highest BCUT2D eigenvalue weighted by Crippen LogP contribution is 2.34. The minimum absolute atomic E-state index is 0.241. The van der Waals surface area contributed by atoms with E-state index < -0.39 is 12.0 Å². The molecule has 0 aliphatic carbocycles. The fraction of sp³-hybridized carbons (Fsp3) is 0.273. The highest BCUT2D eigenvalue weighted by Gasteiger charge is 2.34. The van der Waals surface area contributed by atoms with Crippen molar-refractivity contribution in [3.63, 3.8) is 0 Å². The Bertz CT molecular complexity index is 942. The van der Waals surface area contributed by atoms with Crippen molar-refractivity contribution in [2.24, 2.45) is 0 Å². The molecule has 0 saturated carbocycles. The summed E-state index contributed by atoms with van der Waals surface area (Å²) in [6.45, 7) is 4.12. The van der Waals surface area contributed by atoms with Gasteiger partial charge in [-0.3, -0.25) is 0 Å². The summed E-state index contributed by atoms with van der Waals surface area (Å²) in [6.07, 6.45) is 0.487. The van der Waals surface area contributed by atoms with E-state index in [9.17, 15) is 9.59 Å². The maximum absolute atomic E-state index is 12.7. The van der Waals surface area contributed by atoms with Crippen molar-refractivity contribution in [3.05, 3.63) is 76.0 Å². The molecule has 0 saturated heterocycles. The van der Waals surface area contributed by atoms with Crippen molar-refractivity contribution >= 4 is 23.6 Å². The molecule has 1 unspecified atom stereocenters. The van der Waals surface area contributed by atoms with Crippen LogP contribution in [-0.4, -0.2) is 18.6 Å². The van der Waals surface area contributed by atoms with Crippen LogP contribution in [0.1, 0.15) is 37.4 Å². The van der Waals surface area contributed by atoms with Crippen molar-refractivity contribution in [1.29, 1.82) is 0 Å². The van der Waals surface area contributed by atoms with Crippen LogP contribution in [-0.2, 0) is 16.1 Å². The maximum atomic E-state index is 12.7. The van der Waals surface area contributed by atoms with E-state index in [2.05, 4.69) is 10.6 Å². The van der Waals surface area contributed by atoms with Gasteiger partial charge in [-0.1, -0.05) is 54.9 Å². The second-order valence-corrected chi connectivity index (χ2v) is 6.82. The monoisotopic (exact) mass is 414 g/mol. The van der Waals surface area contributed by atoms with Crippen molar-refractivity contribution in [2.75, 3.05) is 6.61 Å². The summed E-state index contributed by atoms with van der Waals surface area (Å²) in [6, 6.07) is 13.7. The molecule has 152 valence electrons. The SMILES string of the molecule is CCOC(=O)C1=C(CC)NC(=O)NC1c1ccccc1OCc1ccccc1Cl. The van der Waals surface area contributed by atoms with Gasteiger partial charge >= 0.3 is 12.0 Å². The van der Waals surface area contributed by atoms with Gasteiger partial charge in [-0.15, -0.1) is 0 Å². The number of esters is 1. The predicted octanol–water partition coefficient (Wildman–Crippen LogP) is 4.50. The molecular weight excluding hydrogens is 392 g/mol. The maximum Gasteiger partial charge on any atom is 0.338 e. The van der Waals surface area contributed by atoms with Gasteiger partial charge in [-0.05, 0) is 25.5 Å². The number of rotatable bonds is 7. The molecular formula is C22H23ClN2O4. The summed E-state index contributed by atoms with van der Waals surface area (Å²) < 4.78 is 11.3. The molecule has 6 nitrogen and oxygen atoms in total. The van der Waals surface area contributed by atoms with Gasteiger partial charge in [-0.25, -0.2) is 9.59 Å². The van der Waals surface area contributed by atoms with E-state index in [0.29, 0.717) is 34.0 Å². The number of para-hydroxylation sites is 1. The molecule has 29 heavy (non-hydrogen) atoms. The largest absolute Gasteiger partial charge is 0.488 e. The third-order valence-corrected chi connectivity index (χ3v) is 4.94. The Morgan fingerprint density at radius 1 is 1.10 bits per heavy atom. The molecule has 2 aromatic carbocycles. The zero-order chi connectivity index (χ0) is 20.8. The Kier molecular flexibility index (Phi) is 6.77. The Labute approximate surface area is 174 Å². The standard InChI is InChI=1S/C22H23ClN2O4/c1-3-17-19(21(26)28-4-2)20(25-22(27)24-17)15-10-6-8-12-18(15)29-13-14-9-5-7-11-16(14)23/h5-12,20H,3-4,13H2,1-2H3,(H2,24,25,27). The average Bonchev–Trinajstić information content (AvgIpc) is 2.72. The Hall–Kier alpha value is -2.99. The van der Waals surface area contributed by atoms with Gasteiger partial charge < -0.3 is 20.1 Å². The number of hydrogen-bond acceptors (Lipinski definition) is 4. The lowest BCUT2D eigenvalue weighted by Gasteiger charge is -2.30. The van der Waals surface area contributed by atoms with E-state index in [1.165, 1.54) is 0 Å². The molecule has 1 atom stereocenters. The highest BCUT2D eigenvalue weighted by molar-refractivity contribution is 6.31. The van der Waals surface area contributed by atoms with Gasteiger partial charge in [0.2, 0.25) is 0 Å². The van der Waals surface area contributed by atoms with Crippen molar-refractivity contribution in [1.82, 2.24) is 10.6 Å². The first kappa shape index (κ1) is 20.7. The Morgan fingerprint density at radius 3 is 2.55 bits per heavy atom. The molecule has 2 N–H and O–H groups in total. The van der Waals surface area contributed by atoms with Crippen LogP contribution in [0.15, 0.2) is 59.8 Å². The van der Waals surface area contributed by atoms with Crippen LogP contribution >= 0.6 is 11.6 Å². The highest BCUT2D eigenvalue weighted by atomic mass is 35.5. The lowest BCUT2D eigenvalue weighted by atomic mass is 9.93. The zero-order valence-electron chi connectivity index (χ0n) is 16.3. The average molecular weight is 415 g/mol. The van der Waals surface area contributed by atoms with Crippen LogP contribution in [0.25, 0.3) is 0 Å². The van der Waals surface area contributed by atoms with Crippen LogP contribution in [0.2, 0.25) is 5.02 Å². The van der Waals surface area contributed by atoms with Crippen LogP contribution in [0.4, 0.5) is 4.79 Å². The van der Waals surface area contributed by atoms with E-state index in [1.54, 1.807) is 19.1 Å². The number of urea groups is 1. The topological polar surface area (TPSA) is 76.7 Å². The number of carbonyl (C=O) groups excluding carboxylic acids is 2. The van der Waals surface area contributed by atoms with E-state index in [0.717, 1.165) is 5.56 Å². The molecule has 0 fully saturated rings. The Morgan fingerprint density at radius 2 is 1.83 bits per heavy atom. The van der Waals surface area contributed by atoms with Crippen molar-refractivity contribution in [2.45, 2.75) is 32.9 Å².